The Labute approximate surface area is 88.4 Å². The highest BCUT2D eigenvalue weighted by Crippen LogP contribution is 2.23. The molecule has 1 rings (SSSR count). The van der Waals surface area contributed by atoms with Gasteiger partial charge in [0.05, 0.1) is 0 Å². The lowest BCUT2D eigenvalue weighted by Gasteiger charge is -2.42. The molecule has 1 N–H and O–H groups in total. The molecule has 1 heterocycles. The van der Waals surface area contributed by atoms with Gasteiger partial charge in [0.1, 0.15) is 0 Å². The fourth-order valence-electron chi connectivity index (χ4n) is 2.41. The van der Waals surface area contributed by atoms with E-state index in [1.54, 1.807) is 0 Å². The highest BCUT2D eigenvalue weighted by molar-refractivity contribution is 4.90. The highest BCUT2D eigenvalue weighted by Gasteiger charge is 2.30. The van der Waals surface area contributed by atoms with Crippen LogP contribution < -0.4 is 5.32 Å². The number of piperidine rings is 1. The average molecular weight is 196 g/mol. The quantitative estimate of drug-likeness (QED) is 0.691. The third kappa shape index (κ3) is 2.58. The Morgan fingerprint density at radius 2 is 2.21 bits per heavy atom. The van der Waals surface area contributed by atoms with Gasteiger partial charge in [-0.1, -0.05) is 19.9 Å². The van der Waals surface area contributed by atoms with Gasteiger partial charge in [0.25, 0.3) is 0 Å². The maximum atomic E-state index is 3.81. The molecule has 0 bridgehead atoms. The van der Waals surface area contributed by atoms with E-state index < -0.39 is 0 Å². The number of likely N-dealkylation sites (tertiary alicyclic amines) is 1. The van der Waals surface area contributed by atoms with E-state index in [0.29, 0.717) is 12.1 Å². The van der Waals surface area contributed by atoms with E-state index in [-0.39, 0.29) is 0 Å². The number of rotatable bonds is 4. The minimum atomic E-state index is 0.672. The highest BCUT2D eigenvalue weighted by atomic mass is 15.2. The fourth-order valence-corrected chi connectivity index (χ4v) is 2.41. The molecule has 2 heteroatoms. The molecular formula is C12H24N2. The summed E-state index contributed by atoms with van der Waals surface area (Å²) in [6.45, 7) is 14.0. The van der Waals surface area contributed by atoms with Gasteiger partial charge in [-0.05, 0) is 25.8 Å². The van der Waals surface area contributed by atoms with Crippen LogP contribution in [0.4, 0.5) is 0 Å². The predicted octanol–water partition coefficient (Wildman–Crippen LogP) is 1.88. The Hall–Kier alpha value is -0.340. The zero-order valence-electron chi connectivity index (χ0n) is 9.79. The second kappa shape index (κ2) is 5.52. The van der Waals surface area contributed by atoms with Gasteiger partial charge in [0.2, 0.25) is 0 Å². The van der Waals surface area contributed by atoms with Crippen LogP contribution in [-0.4, -0.2) is 36.6 Å². The molecule has 1 fully saturated rings. The van der Waals surface area contributed by atoms with Crippen molar-refractivity contribution in [2.24, 2.45) is 5.92 Å². The Kier molecular flexibility index (Phi) is 4.63. The monoisotopic (exact) mass is 196 g/mol. The molecule has 1 saturated heterocycles. The third-order valence-electron chi connectivity index (χ3n) is 3.53. The molecule has 0 aromatic carbocycles. The summed E-state index contributed by atoms with van der Waals surface area (Å²) in [6.07, 6.45) is 3.28. The van der Waals surface area contributed by atoms with Gasteiger partial charge in [-0.3, -0.25) is 4.90 Å². The molecule has 1 aliphatic heterocycles. The van der Waals surface area contributed by atoms with Gasteiger partial charge >= 0.3 is 0 Å². The predicted molar refractivity (Wildman–Crippen MR) is 62.5 cm³/mol. The smallest absolute Gasteiger partial charge is 0.0163 e. The van der Waals surface area contributed by atoms with E-state index in [4.69, 9.17) is 0 Å². The summed E-state index contributed by atoms with van der Waals surface area (Å²) < 4.78 is 0. The van der Waals surface area contributed by atoms with Crippen molar-refractivity contribution in [3.8, 4) is 0 Å². The van der Waals surface area contributed by atoms with E-state index in [2.05, 4.69) is 37.6 Å². The molecule has 0 radical (unpaired) electrons. The molecule has 2 nitrogen and oxygen atoms in total. The minimum Gasteiger partial charge on any atom is -0.314 e. The van der Waals surface area contributed by atoms with Gasteiger partial charge in [-0.2, -0.15) is 0 Å². The summed E-state index contributed by atoms with van der Waals surface area (Å²) >= 11 is 0. The van der Waals surface area contributed by atoms with Crippen molar-refractivity contribution < 1.29 is 0 Å². The van der Waals surface area contributed by atoms with Crippen LogP contribution in [0.25, 0.3) is 0 Å². The van der Waals surface area contributed by atoms with Crippen LogP contribution in [0.15, 0.2) is 12.7 Å². The zero-order valence-corrected chi connectivity index (χ0v) is 9.79. The standard InChI is InChI=1S/C12H24N2/c1-5-8-14-9-7-12(13-6-2)10(3)11(14)4/h5,10-13H,1,6-9H2,2-4H3. The molecule has 0 aromatic heterocycles. The lowest BCUT2D eigenvalue weighted by molar-refractivity contribution is 0.0969. The first-order chi connectivity index (χ1) is 6.70. The maximum absolute atomic E-state index is 3.81. The van der Waals surface area contributed by atoms with E-state index in [0.717, 1.165) is 19.0 Å². The summed E-state index contributed by atoms with van der Waals surface area (Å²) in [4.78, 5) is 2.52. The Morgan fingerprint density at radius 1 is 1.50 bits per heavy atom. The molecule has 1 aliphatic rings. The lowest BCUT2D eigenvalue weighted by atomic mass is 9.87. The summed E-state index contributed by atoms with van der Waals surface area (Å²) in [6, 6.07) is 1.38. The van der Waals surface area contributed by atoms with Gasteiger partial charge < -0.3 is 5.32 Å². The lowest BCUT2D eigenvalue weighted by Crippen LogP contribution is -2.53. The van der Waals surface area contributed by atoms with Crippen molar-refractivity contribution in [2.75, 3.05) is 19.6 Å². The molecule has 0 aromatic rings. The van der Waals surface area contributed by atoms with Crippen molar-refractivity contribution in [1.82, 2.24) is 10.2 Å². The second-order valence-electron chi connectivity index (χ2n) is 4.34. The molecular weight excluding hydrogens is 172 g/mol. The summed E-state index contributed by atoms with van der Waals surface area (Å²) in [5, 5.41) is 3.57. The third-order valence-corrected chi connectivity index (χ3v) is 3.53. The van der Waals surface area contributed by atoms with Crippen LogP contribution in [0.5, 0.6) is 0 Å². The molecule has 3 unspecified atom stereocenters. The second-order valence-corrected chi connectivity index (χ2v) is 4.34. The van der Waals surface area contributed by atoms with Gasteiger partial charge in [0.15, 0.2) is 0 Å². The summed E-state index contributed by atoms with van der Waals surface area (Å²) in [5.41, 5.74) is 0. The number of nitrogens with zero attached hydrogens (tertiary/aromatic N) is 1. The fraction of sp³-hybridized carbons (Fsp3) is 0.833. The maximum Gasteiger partial charge on any atom is 0.0163 e. The Bertz CT molecular complexity index is 179. The van der Waals surface area contributed by atoms with Crippen LogP contribution in [0.3, 0.4) is 0 Å². The van der Waals surface area contributed by atoms with E-state index in [1.165, 1.54) is 13.0 Å². The number of hydrogen-bond donors (Lipinski definition) is 1. The van der Waals surface area contributed by atoms with Crippen molar-refractivity contribution in [3.63, 3.8) is 0 Å². The Balaban J connectivity index is 2.50. The van der Waals surface area contributed by atoms with Crippen LogP contribution >= 0.6 is 0 Å². The van der Waals surface area contributed by atoms with Gasteiger partial charge in [-0.15, -0.1) is 6.58 Å². The summed E-state index contributed by atoms with van der Waals surface area (Å²) in [5.74, 6) is 0.739. The minimum absolute atomic E-state index is 0.672. The van der Waals surface area contributed by atoms with Gasteiger partial charge in [-0.25, -0.2) is 0 Å². The van der Waals surface area contributed by atoms with Crippen molar-refractivity contribution in [2.45, 2.75) is 39.3 Å². The normalized spacial score (nSPS) is 34.4. The first-order valence-electron chi connectivity index (χ1n) is 5.79. The van der Waals surface area contributed by atoms with E-state index >= 15 is 0 Å². The molecule has 0 aliphatic carbocycles. The molecule has 0 spiro atoms. The van der Waals surface area contributed by atoms with Crippen LogP contribution in [0, 0.1) is 5.92 Å². The van der Waals surface area contributed by atoms with Crippen molar-refractivity contribution in [3.05, 3.63) is 12.7 Å². The molecule has 14 heavy (non-hydrogen) atoms. The van der Waals surface area contributed by atoms with Crippen LogP contribution in [0.1, 0.15) is 27.2 Å². The topological polar surface area (TPSA) is 15.3 Å². The number of nitrogens with one attached hydrogen (secondary N) is 1. The molecule has 0 saturated carbocycles. The molecule has 82 valence electrons. The van der Waals surface area contributed by atoms with Gasteiger partial charge in [0, 0.05) is 25.2 Å². The Morgan fingerprint density at radius 3 is 2.79 bits per heavy atom. The van der Waals surface area contributed by atoms with Crippen LogP contribution in [-0.2, 0) is 0 Å². The zero-order chi connectivity index (χ0) is 10.6. The van der Waals surface area contributed by atoms with Crippen LogP contribution in [0.2, 0.25) is 0 Å². The largest absolute Gasteiger partial charge is 0.314 e. The molecule has 0 amide bonds. The van der Waals surface area contributed by atoms with Crippen molar-refractivity contribution >= 4 is 0 Å². The van der Waals surface area contributed by atoms with E-state index in [1.807, 2.05) is 6.08 Å². The number of hydrogen-bond acceptors (Lipinski definition) is 2. The average Bonchev–Trinajstić information content (AvgIpc) is 2.18. The summed E-state index contributed by atoms with van der Waals surface area (Å²) in [7, 11) is 0. The van der Waals surface area contributed by atoms with E-state index in [9.17, 15) is 0 Å². The molecule has 3 atom stereocenters. The first-order valence-corrected chi connectivity index (χ1v) is 5.79. The first kappa shape index (κ1) is 11.7. The SMILES string of the molecule is C=CCN1CCC(NCC)C(C)C1C. The van der Waals surface area contributed by atoms with Crippen molar-refractivity contribution in [1.29, 1.82) is 0 Å².